The molecule has 4 nitrogen and oxygen atoms in total. The van der Waals surface area contributed by atoms with Gasteiger partial charge in [-0.1, -0.05) is 6.92 Å². The van der Waals surface area contributed by atoms with Gasteiger partial charge >= 0.3 is 0 Å². The Labute approximate surface area is 114 Å². The molecule has 0 aliphatic heterocycles. The first-order chi connectivity index (χ1) is 8.54. The highest BCUT2D eigenvalue weighted by molar-refractivity contribution is 6.18. The molecule has 1 heterocycles. The van der Waals surface area contributed by atoms with Crippen molar-refractivity contribution < 1.29 is 0 Å². The Morgan fingerprint density at radius 1 is 1.22 bits per heavy atom. The maximum absolute atomic E-state index is 6.17. The molecule has 18 heavy (non-hydrogen) atoms. The molecule has 1 aromatic heterocycles. The van der Waals surface area contributed by atoms with Crippen LogP contribution in [0.3, 0.4) is 0 Å². The van der Waals surface area contributed by atoms with Crippen LogP contribution in [0.5, 0.6) is 0 Å². The normalized spacial score (nSPS) is 28.1. The van der Waals surface area contributed by atoms with Crippen LogP contribution in [0.2, 0.25) is 0 Å². The van der Waals surface area contributed by atoms with Crippen LogP contribution < -0.4 is 5.32 Å². The molecule has 0 radical (unpaired) electrons. The number of hydrogen-bond donors (Lipinski definition) is 1. The monoisotopic (exact) mass is 268 g/mol. The largest absolute Gasteiger partial charge is 0.346 e. The van der Waals surface area contributed by atoms with Gasteiger partial charge in [0.25, 0.3) is 0 Å². The van der Waals surface area contributed by atoms with Crippen molar-refractivity contribution in [1.82, 2.24) is 15.2 Å². The number of nitrogens with one attached hydrogen (secondary N) is 1. The molecule has 0 unspecified atom stereocenters. The highest BCUT2D eigenvalue weighted by Gasteiger charge is 2.34. The third kappa shape index (κ3) is 2.91. The van der Waals surface area contributed by atoms with Crippen LogP contribution in [-0.4, -0.2) is 26.6 Å². The maximum Gasteiger partial charge on any atom is 0.243 e. The van der Waals surface area contributed by atoms with Gasteiger partial charge in [-0.05, 0) is 45.4 Å². The van der Waals surface area contributed by atoms with Gasteiger partial charge < -0.3 is 5.32 Å². The highest BCUT2D eigenvalue weighted by Crippen LogP contribution is 2.34. The maximum atomic E-state index is 6.17. The van der Waals surface area contributed by atoms with E-state index in [1.807, 2.05) is 13.8 Å². The van der Waals surface area contributed by atoms with Crippen molar-refractivity contribution in [3.05, 3.63) is 11.4 Å². The zero-order chi connectivity index (χ0) is 13.2. The molecule has 1 aliphatic rings. The lowest BCUT2D eigenvalue weighted by Crippen LogP contribution is -2.44. The Morgan fingerprint density at radius 3 is 2.44 bits per heavy atom. The standard InChI is InChI=1S/C13H21ClN4/c1-9-4-6-13(8-14,7-5-9)16-12-15-10(2)11(3)17-18-12/h9H,4-8H2,1-3H3,(H,15,16,18). The van der Waals surface area contributed by atoms with Crippen molar-refractivity contribution in [2.24, 2.45) is 5.92 Å². The first kappa shape index (κ1) is 13.5. The molecule has 1 N–H and O–H groups in total. The van der Waals surface area contributed by atoms with Gasteiger partial charge in [-0.2, -0.15) is 5.10 Å². The molecular weight excluding hydrogens is 248 g/mol. The summed E-state index contributed by atoms with van der Waals surface area (Å²) in [6.07, 6.45) is 4.57. The molecule has 1 fully saturated rings. The van der Waals surface area contributed by atoms with Crippen LogP contribution >= 0.6 is 11.6 Å². The molecule has 0 bridgehead atoms. The van der Waals surface area contributed by atoms with Gasteiger partial charge in [0.05, 0.1) is 16.9 Å². The Bertz CT molecular complexity index is 413. The number of alkyl halides is 1. The topological polar surface area (TPSA) is 50.7 Å². The molecule has 0 aromatic carbocycles. The summed E-state index contributed by atoms with van der Waals surface area (Å²) in [5, 5.41) is 11.6. The van der Waals surface area contributed by atoms with E-state index in [-0.39, 0.29) is 5.54 Å². The second-order valence-electron chi connectivity index (χ2n) is 5.53. The number of hydrogen-bond acceptors (Lipinski definition) is 4. The van der Waals surface area contributed by atoms with E-state index < -0.39 is 0 Å². The minimum absolute atomic E-state index is 0.0581. The minimum atomic E-state index is -0.0581. The second kappa shape index (κ2) is 5.39. The lowest BCUT2D eigenvalue weighted by Gasteiger charge is -2.38. The third-order valence-corrected chi connectivity index (χ3v) is 4.47. The van der Waals surface area contributed by atoms with Crippen molar-refractivity contribution in [3.8, 4) is 0 Å². The van der Waals surface area contributed by atoms with Crippen molar-refractivity contribution in [2.75, 3.05) is 11.2 Å². The average Bonchev–Trinajstić information content (AvgIpc) is 2.37. The molecule has 1 saturated carbocycles. The van der Waals surface area contributed by atoms with Crippen molar-refractivity contribution in [2.45, 2.75) is 52.0 Å². The predicted molar refractivity (Wildman–Crippen MR) is 74.0 cm³/mol. The lowest BCUT2D eigenvalue weighted by molar-refractivity contribution is 0.285. The Hall–Kier alpha value is -0.900. The second-order valence-corrected chi connectivity index (χ2v) is 5.79. The predicted octanol–water partition coefficient (Wildman–Crippen LogP) is 3.09. The van der Waals surface area contributed by atoms with Crippen LogP contribution in [0.4, 0.5) is 5.95 Å². The van der Waals surface area contributed by atoms with E-state index >= 15 is 0 Å². The van der Waals surface area contributed by atoms with E-state index in [1.165, 1.54) is 12.8 Å². The van der Waals surface area contributed by atoms with E-state index in [2.05, 4.69) is 27.4 Å². The van der Waals surface area contributed by atoms with Crippen molar-refractivity contribution in [3.63, 3.8) is 0 Å². The third-order valence-electron chi connectivity index (χ3n) is 3.96. The van der Waals surface area contributed by atoms with Crippen LogP contribution in [0.25, 0.3) is 0 Å². The van der Waals surface area contributed by atoms with E-state index in [9.17, 15) is 0 Å². The van der Waals surface area contributed by atoms with Gasteiger partial charge in [0.1, 0.15) is 0 Å². The van der Waals surface area contributed by atoms with Gasteiger partial charge in [0.2, 0.25) is 5.95 Å². The fourth-order valence-corrected chi connectivity index (χ4v) is 2.69. The number of nitrogens with zero attached hydrogens (tertiary/aromatic N) is 3. The zero-order valence-corrected chi connectivity index (χ0v) is 12.1. The van der Waals surface area contributed by atoms with Gasteiger partial charge in [0, 0.05) is 5.88 Å². The summed E-state index contributed by atoms with van der Waals surface area (Å²) >= 11 is 6.17. The van der Waals surface area contributed by atoms with Gasteiger partial charge in [-0.25, -0.2) is 4.98 Å². The average molecular weight is 269 g/mol. The van der Waals surface area contributed by atoms with E-state index in [0.717, 1.165) is 30.1 Å². The summed E-state index contributed by atoms with van der Waals surface area (Å²) in [7, 11) is 0. The zero-order valence-electron chi connectivity index (χ0n) is 11.3. The number of rotatable bonds is 3. The highest BCUT2D eigenvalue weighted by atomic mass is 35.5. The fraction of sp³-hybridized carbons (Fsp3) is 0.769. The summed E-state index contributed by atoms with van der Waals surface area (Å²) in [5.74, 6) is 1.99. The molecule has 1 aliphatic carbocycles. The van der Waals surface area contributed by atoms with E-state index in [0.29, 0.717) is 11.8 Å². The summed E-state index contributed by atoms with van der Waals surface area (Å²) < 4.78 is 0. The SMILES string of the molecule is Cc1nnc(NC2(CCl)CCC(C)CC2)nc1C. The van der Waals surface area contributed by atoms with Crippen LogP contribution in [0.1, 0.15) is 44.0 Å². The molecule has 0 amide bonds. The first-order valence-electron chi connectivity index (χ1n) is 6.57. The Balaban J connectivity index is 2.12. The van der Waals surface area contributed by atoms with Crippen molar-refractivity contribution in [1.29, 1.82) is 0 Å². The molecule has 2 rings (SSSR count). The lowest BCUT2D eigenvalue weighted by atomic mass is 9.78. The molecule has 1 aromatic rings. The van der Waals surface area contributed by atoms with Crippen LogP contribution in [0.15, 0.2) is 0 Å². The summed E-state index contributed by atoms with van der Waals surface area (Å²) in [6.45, 7) is 6.16. The Morgan fingerprint density at radius 2 is 1.89 bits per heavy atom. The van der Waals surface area contributed by atoms with Crippen LogP contribution in [-0.2, 0) is 0 Å². The van der Waals surface area contributed by atoms with Crippen molar-refractivity contribution >= 4 is 17.5 Å². The molecular formula is C13H21ClN4. The fourth-order valence-electron chi connectivity index (χ4n) is 2.35. The molecule has 0 spiro atoms. The Kier molecular flexibility index (Phi) is 4.05. The van der Waals surface area contributed by atoms with Crippen LogP contribution in [0, 0.1) is 19.8 Å². The van der Waals surface area contributed by atoms with Gasteiger partial charge in [-0.15, -0.1) is 16.7 Å². The molecule has 0 atom stereocenters. The summed E-state index contributed by atoms with van der Waals surface area (Å²) in [4.78, 5) is 4.44. The molecule has 100 valence electrons. The molecule has 5 heteroatoms. The minimum Gasteiger partial charge on any atom is -0.346 e. The quantitative estimate of drug-likeness (QED) is 0.856. The number of aromatic nitrogens is 3. The first-order valence-corrected chi connectivity index (χ1v) is 7.10. The number of aryl methyl sites for hydroxylation is 2. The van der Waals surface area contributed by atoms with E-state index in [1.54, 1.807) is 0 Å². The van der Waals surface area contributed by atoms with Gasteiger partial charge in [0.15, 0.2) is 0 Å². The smallest absolute Gasteiger partial charge is 0.243 e. The summed E-state index contributed by atoms with van der Waals surface area (Å²) in [5.41, 5.74) is 1.73. The van der Waals surface area contributed by atoms with Gasteiger partial charge in [-0.3, -0.25) is 0 Å². The van der Waals surface area contributed by atoms with E-state index in [4.69, 9.17) is 11.6 Å². The molecule has 0 saturated heterocycles. The number of halogens is 1. The number of anilines is 1. The summed E-state index contributed by atoms with van der Waals surface area (Å²) in [6, 6.07) is 0.